The lowest BCUT2D eigenvalue weighted by atomic mass is 10.1. The number of hydrogen-bond donors (Lipinski definition) is 0. The maximum atomic E-state index is 12.7. The van der Waals surface area contributed by atoms with E-state index in [0.717, 1.165) is 11.0 Å². The second kappa shape index (κ2) is 6.96. The van der Waals surface area contributed by atoms with Crippen LogP contribution in [0.5, 0.6) is 0 Å². The highest BCUT2D eigenvalue weighted by Gasteiger charge is 2.34. The molecule has 134 valence electrons. The zero-order chi connectivity index (χ0) is 18.1. The molecule has 2 heterocycles. The molecule has 8 heteroatoms. The standard InChI is InChI=1S/C16H21F3N2O3/c1-10-7-12(11(2)21(10)9-16(17,18)19)14(22)8-20-6-4-5-13(20)15(23)24-3/h7,13H,4-6,8-9H2,1-3H3. The molecule has 1 aromatic heterocycles. The number of hydrogen-bond acceptors (Lipinski definition) is 4. The van der Waals surface area contributed by atoms with Crippen molar-refractivity contribution in [1.29, 1.82) is 0 Å². The first-order valence-corrected chi connectivity index (χ1v) is 7.72. The molecule has 0 bridgehead atoms. The Bertz CT molecular complexity index is 637. The molecule has 2 rings (SSSR count). The van der Waals surface area contributed by atoms with Crippen molar-refractivity contribution in [2.24, 2.45) is 0 Å². The van der Waals surface area contributed by atoms with E-state index >= 15 is 0 Å². The van der Waals surface area contributed by atoms with Gasteiger partial charge >= 0.3 is 12.1 Å². The molecule has 1 unspecified atom stereocenters. The van der Waals surface area contributed by atoms with Gasteiger partial charge in [-0.3, -0.25) is 14.5 Å². The Kier molecular flexibility index (Phi) is 5.37. The third-order valence-corrected chi connectivity index (χ3v) is 4.40. The van der Waals surface area contributed by atoms with E-state index in [-0.39, 0.29) is 23.9 Å². The minimum atomic E-state index is -4.35. The van der Waals surface area contributed by atoms with E-state index in [0.29, 0.717) is 24.4 Å². The van der Waals surface area contributed by atoms with Crippen molar-refractivity contribution in [3.63, 3.8) is 0 Å². The van der Waals surface area contributed by atoms with E-state index in [9.17, 15) is 22.8 Å². The number of rotatable bonds is 5. The molecule has 24 heavy (non-hydrogen) atoms. The largest absolute Gasteiger partial charge is 0.468 e. The summed E-state index contributed by atoms with van der Waals surface area (Å²) >= 11 is 0. The van der Waals surface area contributed by atoms with Crippen molar-refractivity contribution in [2.75, 3.05) is 20.2 Å². The number of Topliss-reactive ketones (excluding diaryl/α,β-unsaturated/α-hetero) is 1. The molecular formula is C16H21F3N2O3. The zero-order valence-electron chi connectivity index (χ0n) is 13.9. The minimum absolute atomic E-state index is 0.00389. The van der Waals surface area contributed by atoms with Gasteiger partial charge in [-0.05, 0) is 39.3 Å². The highest BCUT2D eigenvalue weighted by molar-refractivity contribution is 5.99. The number of nitrogens with zero attached hydrogens (tertiary/aromatic N) is 2. The van der Waals surface area contributed by atoms with Crippen LogP contribution < -0.4 is 0 Å². The van der Waals surface area contributed by atoms with Gasteiger partial charge in [-0.15, -0.1) is 0 Å². The Hall–Kier alpha value is -1.83. The monoisotopic (exact) mass is 346 g/mol. The lowest BCUT2D eigenvalue weighted by Gasteiger charge is -2.21. The van der Waals surface area contributed by atoms with Gasteiger partial charge in [0.2, 0.25) is 0 Å². The van der Waals surface area contributed by atoms with E-state index < -0.39 is 18.8 Å². The first kappa shape index (κ1) is 18.5. The second-order valence-electron chi connectivity index (χ2n) is 6.06. The van der Waals surface area contributed by atoms with Crippen LogP contribution in [0.1, 0.15) is 34.6 Å². The van der Waals surface area contributed by atoms with Gasteiger partial charge in [0.15, 0.2) is 5.78 Å². The van der Waals surface area contributed by atoms with Gasteiger partial charge in [-0.1, -0.05) is 0 Å². The average molecular weight is 346 g/mol. The van der Waals surface area contributed by atoms with E-state index in [4.69, 9.17) is 4.74 Å². The third-order valence-electron chi connectivity index (χ3n) is 4.40. The Morgan fingerprint density at radius 1 is 1.33 bits per heavy atom. The summed E-state index contributed by atoms with van der Waals surface area (Å²) < 4.78 is 43.8. The van der Waals surface area contributed by atoms with Crippen molar-refractivity contribution in [3.05, 3.63) is 23.0 Å². The Morgan fingerprint density at radius 2 is 2.00 bits per heavy atom. The van der Waals surface area contributed by atoms with Crippen LogP contribution in [0.3, 0.4) is 0 Å². The fourth-order valence-electron chi connectivity index (χ4n) is 3.19. The maximum absolute atomic E-state index is 12.7. The molecule has 1 aliphatic heterocycles. The van der Waals surface area contributed by atoms with Crippen molar-refractivity contribution in [3.8, 4) is 0 Å². The summed E-state index contributed by atoms with van der Waals surface area (Å²) in [7, 11) is 1.30. The molecular weight excluding hydrogens is 325 g/mol. The van der Waals surface area contributed by atoms with Crippen LogP contribution in [0.4, 0.5) is 13.2 Å². The summed E-state index contributed by atoms with van der Waals surface area (Å²) in [6.07, 6.45) is -2.95. The van der Waals surface area contributed by atoms with E-state index in [1.165, 1.54) is 20.1 Å². The number of methoxy groups -OCH3 is 1. The number of alkyl halides is 3. The van der Waals surface area contributed by atoms with Gasteiger partial charge in [-0.2, -0.15) is 13.2 Å². The number of halogens is 3. The molecule has 1 aliphatic rings. The van der Waals surface area contributed by atoms with Gasteiger partial charge in [0.05, 0.1) is 13.7 Å². The van der Waals surface area contributed by atoms with Gasteiger partial charge in [0, 0.05) is 17.0 Å². The highest BCUT2D eigenvalue weighted by atomic mass is 19.4. The lowest BCUT2D eigenvalue weighted by molar-refractivity contribution is -0.145. The molecule has 1 aromatic rings. The summed E-state index contributed by atoms with van der Waals surface area (Å²) in [6.45, 7) is 2.52. The van der Waals surface area contributed by atoms with E-state index in [2.05, 4.69) is 0 Å². The topological polar surface area (TPSA) is 51.5 Å². The molecule has 0 radical (unpaired) electrons. The highest BCUT2D eigenvalue weighted by Crippen LogP contribution is 2.24. The predicted octanol–water partition coefficient (Wildman–Crippen LogP) is 2.49. The van der Waals surface area contributed by atoms with Crippen molar-refractivity contribution >= 4 is 11.8 Å². The summed E-state index contributed by atoms with van der Waals surface area (Å²) in [5.74, 6) is -0.671. The summed E-state index contributed by atoms with van der Waals surface area (Å²) in [5.41, 5.74) is 0.954. The number of likely N-dealkylation sites (tertiary alicyclic amines) is 1. The number of aryl methyl sites for hydroxylation is 1. The van der Waals surface area contributed by atoms with Crippen LogP contribution in [-0.2, 0) is 16.1 Å². The lowest BCUT2D eigenvalue weighted by Crippen LogP contribution is -2.40. The number of ether oxygens (including phenoxy) is 1. The maximum Gasteiger partial charge on any atom is 0.406 e. The van der Waals surface area contributed by atoms with Crippen molar-refractivity contribution in [1.82, 2.24) is 9.47 Å². The molecule has 0 aromatic carbocycles. The Morgan fingerprint density at radius 3 is 2.58 bits per heavy atom. The second-order valence-corrected chi connectivity index (χ2v) is 6.06. The Labute approximate surface area is 138 Å². The first-order valence-electron chi connectivity index (χ1n) is 7.72. The molecule has 1 saturated heterocycles. The number of carbonyl (C=O) groups is 2. The van der Waals surface area contributed by atoms with E-state index in [1.54, 1.807) is 11.8 Å². The number of esters is 1. The fourth-order valence-corrected chi connectivity index (χ4v) is 3.19. The molecule has 0 saturated carbocycles. The van der Waals surface area contributed by atoms with Gasteiger partial charge < -0.3 is 9.30 Å². The third kappa shape index (κ3) is 3.98. The number of aromatic nitrogens is 1. The zero-order valence-corrected chi connectivity index (χ0v) is 13.9. The summed E-state index contributed by atoms with van der Waals surface area (Å²) in [5, 5.41) is 0. The number of ketones is 1. The van der Waals surface area contributed by atoms with Crippen molar-refractivity contribution < 1.29 is 27.5 Å². The molecule has 1 atom stereocenters. The van der Waals surface area contributed by atoms with Gasteiger partial charge in [0.25, 0.3) is 0 Å². The van der Waals surface area contributed by atoms with Crippen molar-refractivity contribution in [2.45, 2.75) is 45.5 Å². The average Bonchev–Trinajstić information content (AvgIpc) is 3.05. The van der Waals surface area contributed by atoms with Crippen LogP contribution in [0.25, 0.3) is 0 Å². The van der Waals surface area contributed by atoms with Gasteiger partial charge in [-0.25, -0.2) is 0 Å². The number of carbonyl (C=O) groups excluding carboxylic acids is 2. The van der Waals surface area contributed by atoms with Crippen LogP contribution in [-0.4, -0.2) is 53.6 Å². The molecule has 1 fully saturated rings. The van der Waals surface area contributed by atoms with Crippen LogP contribution in [0.2, 0.25) is 0 Å². The van der Waals surface area contributed by atoms with Crippen LogP contribution in [0.15, 0.2) is 6.07 Å². The quantitative estimate of drug-likeness (QED) is 0.607. The smallest absolute Gasteiger partial charge is 0.406 e. The molecule has 0 N–H and O–H groups in total. The molecule has 5 nitrogen and oxygen atoms in total. The Balaban J connectivity index is 2.16. The first-order chi connectivity index (χ1) is 11.1. The normalized spacial score (nSPS) is 18.8. The van der Waals surface area contributed by atoms with Gasteiger partial charge in [0.1, 0.15) is 12.6 Å². The molecule has 0 amide bonds. The van der Waals surface area contributed by atoms with E-state index in [1.807, 2.05) is 0 Å². The van der Waals surface area contributed by atoms with Crippen LogP contribution in [0, 0.1) is 13.8 Å². The molecule has 0 spiro atoms. The van der Waals surface area contributed by atoms with Crippen LogP contribution >= 0.6 is 0 Å². The summed E-state index contributed by atoms with van der Waals surface area (Å²) in [6, 6.07) is 1.02. The minimum Gasteiger partial charge on any atom is -0.468 e. The summed E-state index contributed by atoms with van der Waals surface area (Å²) in [4.78, 5) is 26.0. The SMILES string of the molecule is COC(=O)C1CCCN1CC(=O)c1cc(C)n(CC(F)(F)F)c1C. The predicted molar refractivity (Wildman–Crippen MR) is 80.9 cm³/mol. The molecule has 0 aliphatic carbocycles. The fraction of sp³-hybridized carbons (Fsp3) is 0.625.